The molecule has 0 radical (unpaired) electrons. The summed E-state index contributed by atoms with van der Waals surface area (Å²) in [7, 11) is 1.76. The molecule has 2 unspecified atom stereocenters. The summed E-state index contributed by atoms with van der Waals surface area (Å²) in [6, 6.07) is 2.52. The van der Waals surface area contributed by atoms with E-state index in [2.05, 4.69) is 31.4 Å². The van der Waals surface area contributed by atoms with Gasteiger partial charge in [-0.05, 0) is 38.2 Å². The molecular formula is C15H25NO2. The smallest absolute Gasteiger partial charge is 0.0807 e. The lowest BCUT2D eigenvalue weighted by Crippen LogP contribution is -2.24. The van der Waals surface area contributed by atoms with Gasteiger partial charge in [-0.15, -0.1) is 0 Å². The van der Waals surface area contributed by atoms with Gasteiger partial charge >= 0.3 is 0 Å². The van der Waals surface area contributed by atoms with Crippen molar-refractivity contribution in [1.29, 1.82) is 0 Å². The van der Waals surface area contributed by atoms with Gasteiger partial charge in [-0.2, -0.15) is 0 Å². The van der Waals surface area contributed by atoms with E-state index in [4.69, 9.17) is 4.74 Å². The molecule has 1 aromatic rings. The van der Waals surface area contributed by atoms with E-state index in [-0.39, 0.29) is 6.10 Å². The van der Waals surface area contributed by atoms with Gasteiger partial charge in [0.15, 0.2) is 0 Å². The third-order valence-electron chi connectivity index (χ3n) is 4.06. The van der Waals surface area contributed by atoms with Crippen molar-refractivity contribution < 1.29 is 9.84 Å². The van der Waals surface area contributed by atoms with Crippen LogP contribution in [0.5, 0.6) is 0 Å². The third-order valence-corrected chi connectivity index (χ3v) is 4.06. The molecule has 0 aromatic carbocycles. The molecule has 0 saturated carbocycles. The first-order valence-corrected chi connectivity index (χ1v) is 6.93. The molecular weight excluding hydrogens is 226 g/mol. The largest absolute Gasteiger partial charge is 0.388 e. The first kappa shape index (κ1) is 13.6. The summed E-state index contributed by atoms with van der Waals surface area (Å²) in [4.78, 5) is 0. The first-order chi connectivity index (χ1) is 8.56. The van der Waals surface area contributed by atoms with Gasteiger partial charge in [0.25, 0.3) is 0 Å². The van der Waals surface area contributed by atoms with Crippen LogP contribution in [0.2, 0.25) is 0 Å². The molecule has 0 spiro atoms. The van der Waals surface area contributed by atoms with Crippen LogP contribution in [0.15, 0.2) is 6.07 Å². The van der Waals surface area contributed by atoms with Gasteiger partial charge < -0.3 is 14.4 Å². The van der Waals surface area contributed by atoms with Gasteiger partial charge in [0.1, 0.15) is 0 Å². The maximum absolute atomic E-state index is 10.1. The van der Waals surface area contributed by atoms with Gasteiger partial charge in [0.05, 0.1) is 18.8 Å². The summed E-state index contributed by atoms with van der Waals surface area (Å²) in [6.45, 7) is 7.33. The van der Waals surface area contributed by atoms with Crippen LogP contribution in [0.3, 0.4) is 0 Å². The van der Waals surface area contributed by atoms with E-state index in [1.165, 1.54) is 11.4 Å². The minimum atomic E-state index is -0.274. The number of aliphatic hydroxyl groups excluding tert-OH is 1. The Morgan fingerprint density at radius 3 is 2.83 bits per heavy atom. The third kappa shape index (κ3) is 2.34. The fourth-order valence-corrected chi connectivity index (χ4v) is 3.10. The Bertz CT molecular complexity index is 409. The SMILES string of the molecule is COCC(C(C)C)n1c(C)cc2c1CCCC2O. The fraction of sp³-hybridized carbons (Fsp3) is 0.733. The van der Waals surface area contributed by atoms with Gasteiger partial charge in [0.2, 0.25) is 0 Å². The molecule has 0 saturated heterocycles. The molecule has 2 rings (SSSR count). The second kappa shape index (κ2) is 5.45. The van der Waals surface area contributed by atoms with Crippen LogP contribution in [0, 0.1) is 12.8 Å². The summed E-state index contributed by atoms with van der Waals surface area (Å²) in [5.74, 6) is 0.527. The topological polar surface area (TPSA) is 34.4 Å². The van der Waals surface area contributed by atoms with Gasteiger partial charge in [0, 0.05) is 24.1 Å². The molecule has 0 aliphatic heterocycles. The number of fused-ring (bicyclic) bond motifs is 1. The molecule has 1 aliphatic rings. The Morgan fingerprint density at radius 1 is 1.50 bits per heavy atom. The average molecular weight is 251 g/mol. The van der Waals surface area contributed by atoms with E-state index in [9.17, 15) is 5.11 Å². The maximum Gasteiger partial charge on any atom is 0.0807 e. The van der Waals surface area contributed by atoms with Crippen LogP contribution < -0.4 is 0 Å². The van der Waals surface area contributed by atoms with E-state index in [1.54, 1.807) is 7.11 Å². The Morgan fingerprint density at radius 2 is 2.22 bits per heavy atom. The number of aromatic nitrogens is 1. The normalized spacial score (nSPS) is 21.1. The molecule has 1 heterocycles. The number of aryl methyl sites for hydroxylation is 1. The highest BCUT2D eigenvalue weighted by molar-refractivity contribution is 5.32. The van der Waals surface area contributed by atoms with Crippen molar-refractivity contribution in [3.63, 3.8) is 0 Å². The average Bonchev–Trinajstić information content (AvgIpc) is 2.64. The number of aliphatic hydroxyl groups is 1. The van der Waals surface area contributed by atoms with Crippen molar-refractivity contribution in [1.82, 2.24) is 4.57 Å². The lowest BCUT2D eigenvalue weighted by atomic mass is 9.94. The van der Waals surface area contributed by atoms with Crippen molar-refractivity contribution in [3.8, 4) is 0 Å². The summed E-state index contributed by atoms with van der Waals surface area (Å²) in [6.07, 6.45) is 2.78. The minimum absolute atomic E-state index is 0.274. The molecule has 102 valence electrons. The monoisotopic (exact) mass is 251 g/mol. The zero-order chi connectivity index (χ0) is 13.3. The number of hydrogen-bond acceptors (Lipinski definition) is 2. The maximum atomic E-state index is 10.1. The second-order valence-electron chi connectivity index (χ2n) is 5.73. The van der Waals surface area contributed by atoms with E-state index in [0.29, 0.717) is 12.0 Å². The number of methoxy groups -OCH3 is 1. The Labute approximate surface area is 110 Å². The molecule has 2 atom stereocenters. The quantitative estimate of drug-likeness (QED) is 0.892. The van der Waals surface area contributed by atoms with Gasteiger partial charge in [-0.25, -0.2) is 0 Å². The molecule has 18 heavy (non-hydrogen) atoms. The molecule has 1 aliphatic carbocycles. The van der Waals surface area contributed by atoms with Gasteiger partial charge in [-0.1, -0.05) is 13.8 Å². The standard InChI is InChI=1S/C15H25NO2/c1-10(2)14(9-18-4)16-11(3)8-12-13(16)6-5-7-15(12)17/h8,10,14-15,17H,5-7,9H2,1-4H3. The van der Waals surface area contributed by atoms with Crippen molar-refractivity contribution in [3.05, 3.63) is 23.0 Å². The molecule has 3 nitrogen and oxygen atoms in total. The zero-order valence-corrected chi connectivity index (χ0v) is 11.9. The van der Waals surface area contributed by atoms with Crippen LogP contribution >= 0.6 is 0 Å². The number of nitrogens with zero attached hydrogens (tertiary/aromatic N) is 1. The van der Waals surface area contributed by atoms with E-state index >= 15 is 0 Å². The predicted octanol–water partition coefficient (Wildman–Crippen LogP) is 3.01. The van der Waals surface area contributed by atoms with E-state index in [1.807, 2.05) is 0 Å². The molecule has 0 bridgehead atoms. The highest BCUT2D eigenvalue weighted by atomic mass is 16.5. The van der Waals surface area contributed by atoms with E-state index in [0.717, 1.165) is 31.4 Å². The summed E-state index contributed by atoms with van der Waals surface area (Å²) >= 11 is 0. The second-order valence-corrected chi connectivity index (χ2v) is 5.73. The number of rotatable bonds is 4. The van der Waals surface area contributed by atoms with Crippen molar-refractivity contribution in [2.24, 2.45) is 5.92 Å². The first-order valence-electron chi connectivity index (χ1n) is 6.93. The summed E-state index contributed by atoms with van der Waals surface area (Å²) in [5, 5.41) is 10.1. The van der Waals surface area contributed by atoms with Crippen LogP contribution in [-0.2, 0) is 11.2 Å². The predicted molar refractivity (Wildman–Crippen MR) is 72.8 cm³/mol. The van der Waals surface area contributed by atoms with Crippen molar-refractivity contribution >= 4 is 0 Å². The summed E-state index contributed by atoms with van der Waals surface area (Å²) < 4.78 is 7.77. The zero-order valence-electron chi connectivity index (χ0n) is 11.9. The fourth-order valence-electron chi connectivity index (χ4n) is 3.10. The highest BCUT2D eigenvalue weighted by Gasteiger charge is 2.27. The lowest BCUT2D eigenvalue weighted by molar-refractivity contribution is 0.127. The minimum Gasteiger partial charge on any atom is -0.388 e. The van der Waals surface area contributed by atoms with Crippen LogP contribution in [0.25, 0.3) is 0 Å². The lowest BCUT2D eigenvalue weighted by Gasteiger charge is -2.28. The molecule has 0 amide bonds. The van der Waals surface area contributed by atoms with Crippen LogP contribution in [0.1, 0.15) is 55.8 Å². The molecule has 0 fully saturated rings. The number of ether oxygens (including phenoxy) is 1. The number of hydrogen-bond donors (Lipinski definition) is 1. The van der Waals surface area contributed by atoms with Crippen LogP contribution in [0.4, 0.5) is 0 Å². The Kier molecular flexibility index (Phi) is 4.13. The van der Waals surface area contributed by atoms with Crippen molar-refractivity contribution in [2.75, 3.05) is 13.7 Å². The Balaban J connectivity index is 2.43. The molecule has 3 heteroatoms. The van der Waals surface area contributed by atoms with Gasteiger partial charge in [-0.3, -0.25) is 0 Å². The molecule has 1 aromatic heterocycles. The van der Waals surface area contributed by atoms with Crippen molar-refractivity contribution in [2.45, 2.75) is 52.2 Å². The molecule has 1 N–H and O–H groups in total. The highest BCUT2D eigenvalue weighted by Crippen LogP contribution is 2.35. The Hall–Kier alpha value is -0.800. The van der Waals surface area contributed by atoms with Crippen LogP contribution in [-0.4, -0.2) is 23.4 Å². The van der Waals surface area contributed by atoms with E-state index < -0.39 is 0 Å². The summed E-state index contributed by atoms with van der Waals surface area (Å²) in [5.41, 5.74) is 3.71.